The molecule has 1 N–H and O–H groups in total. The number of hydrogen-bond donors (Lipinski definition) is 1. The third-order valence-corrected chi connectivity index (χ3v) is 3.63. The molecule has 0 aliphatic heterocycles. The van der Waals surface area contributed by atoms with E-state index in [0.717, 1.165) is 30.2 Å². The van der Waals surface area contributed by atoms with Crippen LogP contribution < -0.4 is 5.32 Å². The lowest BCUT2D eigenvalue weighted by atomic mass is 10.1. The van der Waals surface area contributed by atoms with Crippen LogP contribution in [0.2, 0.25) is 0 Å². The highest BCUT2D eigenvalue weighted by Crippen LogP contribution is 2.19. The zero-order chi connectivity index (χ0) is 14.4. The first kappa shape index (κ1) is 14.6. The number of hydrogen-bond acceptors (Lipinski definition) is 2. The normalized spacial score (nSPS) is 12.5. The molecule has 0 spiro atoms. The van der Waals surface area contributed by atoms with Crippen molar-refractivity contribution in [3.8, 4) is 0 Å². The van der Waals surface area contributed by atoms with E-state index >= 15 is 0 Å². The first-order valence-corrected chi connectivity index (χ1v) is 7.54. The molecule has 3 heteroatoms. The summed E-state index contributed by atoms with van der Waals surface area (Å²) in [5.74, 6) is 0.296. The molecule has 0 saturated heterocycles. The van der Waals surface area contributed by atoms with Crippen molar-refractivity contribution in [1.29, 1.82) is 0 Å². The quantitative estimate of drug-likeness (QED) is 0.753. The molecule has 1 heterocycles. The molecule has 1 amide bonds. The maximum Gasteiger partial charge on any atom is 0.287 e. The van der Waals surface area contributed by atoms with Crippen LogP contribution in [-0.4, -0.2) is 11.9 Å². The van der Waals surface area contributed by atoms with Crippen molar-refractivity contribution in [2.24, 2.45) is 0 Å². The lowest BCUT2D eigenvalue weighted by Crippen LogP contribution is -2.34. The molecule has 0 aliphatic rings. The summed E-state index contributed by atoms with van der Waals surface area (Å²) in [6.07, 6.45) is 5.58. The van der Waals surface area contributed by atoms with Crippen molar-refractivity contribution < 1.29 is 9.21 Å². The molecule has 2 aromatic rings. The number of carbonyl (C=O) groups excluding carboxylic acids is 1. The van der Waals surface area contributed by atoms with E-state index < -0.39 is 0 Å². The van der Waals surface area contributed by atoms with Crippen LogP contribution in [0.4, 0.5) is 0 Å². The third kappa shape index (κ3) is 3.62. The number of rotatable bonds is 7. The number of amides is 1. The van der Waals surface area contributed by atoms with Crippen LogP contribution >= 0.6 is 0 Å². The number of unbranched alkanes of at least 4 members (excludes halogenated alkanes) is 2. The average Bonchev–Trinajstić information content (AvgIpc) is 2.90. The van der Waals surface area contributed by atoms with Crippen LogP contribution in [0.25, 0.3) is 11.0 Å². The zero-order valence-electron chi connectivity index (χ0n) is 12.3. The molecule has 0 saturated carbocycles. The van der Waals surface area contributed by atoms with Gasteiger partial charge in [-0.05, 0) is 25.0 Å². The number of para-hydroxylation sites is 1. The number of fused-ring (bicyclic) bond motifs is 1. The second-order valence-corrected chi connectivity index (χ2v) is 5.22. The smallest absolute Gasteiger partial charge is 0.287 e. The molecule has 0 fully saturated rings. The van der Waals surface area contributed by atoms with Gasteiger partial charge < -0.3 is 9.73 Å². The van der Waals surface area contributed by atoms with E-state index in [-0.39, 0.29) is 11.9 Å². The van der Waals surface area contributed by atoms with Gasteiger partial charge in [-0.3, -0.25) is 4.79 Å². The molecule has 1 aromatic heterocycles. The Hall–Kier alpha value is -1.77. The molecular weight excluding hydrogens is 250 g/mol. The Kier molecular flexibility index (Phi) is 5.22. The lowest BCUT2D eigenvalue weighted by molar-refractivity contribution is 0.0907. The Morgan fingerprint density at radius 2 is 2.05 bits per heavy atom. The summed E-state index contributed by atoms with van der Waals surface area (Å²) in [7, 11) is 0. The van der Waals surface area contributed by atoms with Gasteiger partial charge in [-0.25, -0.2) is 0 Å². The molecule has 108 valence electrons. The largest absolute Gasteiger partial charge is 0.451 e. The zero-order valence-corrected chi connectivity index (χ0v) is 12.3. The summed E-state index contributed by atoms with van der Waals surface area (Å²) >= 11 is 0. The van der Waals surface area contributed by atoms with Gasteiger partial charge in [0.25, 0.3) is 5.91 Å². The standard InChI is InChI=1S/C17H23NO2/c1-3-5-6-10-14(4-2)18-17(19)16-12-13-9-7-8-11-15(13)20-16/h7-9,11-12,14H,3-6,10H2,1-2H3,(H,18,19). The van der Waals surface area contributed by atoms with Gasteiger partial charge in [0, 0.05) is 11.4 Å². The van der Waals surface area contributed by atoms with Gasteiger partial charge in [-0.1, -0.05) is 51.3 Å². The van der Waals surface area contributed by atoms with Crippen molar-refractivity contribution in [1.82, 2.24) is 5.32 Å². The van der Waals surface area contributed by atoms with Crippen LogP contribution in [0.5, 0.6) is 0 Å². The van der Waals surface area contributed by atoms with Crippen molar-refractivity contribution >= 4 is 16.9 Å². The first-order chi connectivity index (χ1) is 9.74. The summed E-state index contributed by atoms with van der Waals surface area (Å²) in [6.45, 7) is 4.30. The van der Waals surface area contributed by atoms with Crippen LogP contribution in [0, 0.1) is 0 Å². The predicted octanol–water partition coefficient (Wildman–Crippen LogP) is 4.52. The van der Waals surface area contributed by atoms with E-state index in [4.69, 9.17) is 4.42 Å². The van der Waals surface area contributed by atoms with E-state index in [1.807, 2.05) is 30.3 Å². The average molecular weight is 273 g/mol. The number of carbonyl (C=O) groups is 1. The van der Waals surface area contributed by atoms with Gasteiger partial charge in [-0.15, -0.1) is 0 Å². The minimum Gasteiger partial charge on any atom is -0.451 e. The molecule has 0 bridgehead atoms. The Labute approximate surface area is 120 Å². The maximum absolute atomic E-state index is 12.2. The molecule has 1 unspecified atom stereocenters. The SMILES string of the molecule is CCCCCC(CC)NC(=O)c1cc2ccccc2o1. The molecule has 3 nitrogen and oxygen atoms in total. The Morgan fingerprint density at radius 1 is 1.25 bits per heavy atom. The van der Waals surface area contributed by atoms with E-state index in [1.54, 1.807) is 0 Å². The van der Waals surface area contributed by atoms with Crippen molar-refractivity contribution in [3.63, 3.8) is 0 Å². The molecule has 0 aliphatic carbocycles. The molecule has 0 radical (unpaired) electrons. The fraction of sp³-hybridized carbons (Fsp3) is 0.471. The number of benzene rings is 1. The van der Waals surface area contributed by atoms with Gasteiger partial charge in [0.05, 0.1) is 0 Å². The Balaban J connectivity index is 1.99. The number of furan rings is 1. The summed E-state index contributed by atoms with van der Waals surface area (Å²) < 4.78 is 5.59. The van der Waals surface area contributed by atoms with Gasteiger partial charge in [0.1, 0.15) is 5.58 Å². The molecular formula is C17H23NO2. The highest BCUT2D eigenvalue weighted by molar-refractivity contribution is 5.96. The van der Waals surface area contributed by atoms with Crippen LogP contribution in [0.15, 0.2) is 34.7 Å². The fourth-order valence-corrected chi connectivity index (χ4v) is 2.37. The second-order valence-electron chi connectivity index (χ2n) is 5.22. The monoisotopic (exact) mass is 273 g/mol. The minimum atomic E-state index is -0.107. The first-order valence-electron chi connectivity index (χ1n) is 7.54. The van der Waals surface area contributed by atoms with Gasteiger partial charge in [0.2, 0.25) is 0 Å². The summed E-state index contributed by atoms with van der Waals surface area (Å²) in [5, 5.41) is 4.04. The summed E-state index contributed by atoms with van der Waals surface area (Å²) in [6, 6.07) is 9.73. The molecule has 2 rings (SSSR count). The highest BCUT2D eigenvalue weighted by Gasteiger charge is 2.15. The van der Waals surface area contributed by atoms with Gasteiger partial charge in [0.15, 0.2) is 5.76 Å². The minimum absolute atomic E-state index is 0.107. The fourth-order valence-electron chi connectivity index (χ4n) is 2.37. The molecule has 1 aromatic carbocycles. The number of nitrogens with one attached hydrogen (secondary N) is 1. The highest BCUT2D eigenvalue weighted by atomic mass is 16.3. The van der Waals surface area contributed by atoms with Gasteiger partial charge in [-0.2, -0.15) is 0 Å². The Bertz CT molecular complexity index is 526. The van der Waals surface area contributed by atoms with Gasteiger partial charge >= 0.3 is 0 Å². The Morgan fingerprint density at radius 3 is 2.75 bits per heavy atom. The van der Waals surface area contributed by atoms with E-state index in [2.05, 4.69) is 19.2 Å². The van der Waals surface area contributed by atoms with E-state index in [0.29, 0.717) is 5.76 Å². The van der Waals surface area contributed by atoms with E-state index in [1.165, 1.54) is 12.8 Å². The predicted molar refractivity (Wildman–Crippen MR) is 81.9 cm³/mol. The third-order valence-electron chi connectivity index (χ3n) is 3.63. The molecule has 20 heavy (non-hydrogen) atoms. The van der Waals surface area contributed by atoms with E-state index in [9.17, 15) is 4.79 Å². The summed E-state index contributed by atoms with van der Waals surface area (Å²) in [5.41, 5.74) is 0.761. The van der Waals surface area contributed by atoms with Crippen LogP contribution in [0.3, 0.4) is 0 Å². The lowest BCUT2D eigenvalue weighted by Gasteiger charge is -2.15. The van der Waals surface area contributed by atoms with Crippen molar-refractivity contribution in [3.05, 3.63) is 36.1 Å². The van der Waals surface area contributed by atoms with Crippen LogP contribution in [0.1, 0.15) is 56.5 Å². The van der Waals surface area contributed by atoms with Crippen molar-refractivity contribution in [2.45, 2.75) is 52.0 Å². The van der Waals surface area contributed by atoms with Crippen LogP contribution in [-0.2, 0) is 0 Å². The van der Waals surface area contributed by atoms with Crippen molar-refractivity contribution in [2.75, 3.05) is 0 Å². The second kappa shape index (κ2) is 7.13. The topological polar surface area (TPSA) is 42.2 Å². The molecule has 1 atom stereocenters. The summed E-state index contributed by atoms with van der Waals surface area (Å²) in [4.78, 5) is 12.2. The maximum atomic E-state index is 12.2.